The number of benzene rings is 2. The minimum Gasteiger partial charge on any atom is -0.490 e. The molecule has 4 aromatic rings. The summed E-state index contributed by atoms with van der Waals surface area (Å²) in [6.07, 6.45) is 5.39. The average Bonchev–Trinajstić information content (AvgIpc) is 3.83. The standard InChI is InChI=1S/2C21H23F3N4O2/c2*1-10-19-20(28(3)11(2)21(29)27-19)26-17(25-10)7-12-4-5-13(6-12)30-14-8-15(22)18(24)16(23)9-14/h2*8-9,11-13H,4-7H2,1-3H3,(H,27,29)/t11-,12+,13+;11-,12-,13-/m00/s1. The van der Waals surface area contributed by atoms with Gasteiger partial charge in [0.1, 0.15) is 46.6 Å². The van der Waals surface area contributed by atoms with E-state index in [0.29, 0.717) is 71.7 Å². The molecule has 320 valence electrons. The molecule has 4 aliphatic rings. The second kappa shape index (κ2) is 17.1. The maximum atomic E-state index is 13.4. The van der Waals surface area contributed by atoms with Crippen LogP contribution in [0.5, 0.6) is 11.5 Å². The van der Waals surface area contributed by atoms with Crippen LogP contribution < -0.4 is 29.9 Å². The fourth-order valence-corrected chi connectivity index (χ4v) is 8.13. The number of rotatable bonds is 8. The van der Waals surface area contributed by atoms with Gasteiger partial charge < -0.3 is 29.9 Å². The second-order valence-corrected chi connectivity index (χ2v) is 16.0. The van der Waals surface area contributed by atoms with Crippen molar-refractivity contribution < 1.29 is 45.4 Å². The molecule has 6 atom stereocenters. The topological polar surface area (TPSA) is 135 Å². The number of anilines is 4. The number of aryl methyl sites for hydroxylation is 2. The van der Waals surface area contributed by atoms with Crippen LogP contribution in [0, 0.1) is 60.6 Å². The lowest BCUT2D eigenvalue weighted by atomic mass is 10.0. The first-order chi connectivity index (χ1) is 28.4. The predicted octanol–water partition coefficient (Wildman–Crippen LogP) is 7.54. The van der Waals surface area contributed by atoms with Crippen LogP contribution in [0.2, 0.25) is 0 Å². The average molecular weight is 841 g/mol. The molecule has 8 rings (SSSR count). The molecule has 0 spiro atoms. The third-order valence-electron chi connectivity index (χ3n) is 11.8. The molecule has 2 fully saturated rings. The van der Waals surface area contributed by atoms with Crippen LogP contribution in [0.1, 0.15) is 75.4 Å². The molecule has 18 heteroatoms. The van der Waals surface area contributed by atoms with Gasteiger partial charge in [-0.2, -0.15) is 0 Å². The summed E-state index contributed by atoms with van der Waals surface area (Å²) in [6, 6.07) is 2.83. The van der Waals surface area contributed by atoms with Gasteiger partial charge in [-0.05, 0) is 78.1 Å². The number of ether oxygens (including phenoxy) is 2. The normalized spacial score (nSPS) is 23.3. The zero-order valence-electron chi connectivity index (χ0n) is 34.0. The second-order valence-electron chi connectivity index (χ2n) is 16.0. The molecular formula is C42H46F6N8O4. The number of nitrogens with zero attached hydrogens (tertiary/aromatic N) is 6. The first kappa shape index (κ1) is 42.4. The molecule has 2 aliphatic heterocycles. The van der Waals surface area contributed by atoms with Crippen molar-refractivity contribution in [3.8, 4) is 11.5 Å². The van der Waals surface area contributed by atoms with Crippen molar-refractivity contribution in [1.82, 2.24) is 19.9 Å². The van der Waals surface area contributed by atoms with Gasteiger partial charge in [-0.25, -0.2) is 46.3 Å². The summed E-state index contributed by atoms with van der Waals surface area (Å²) in [6.45, 7) is 7.31. The molecule has 2 amide bonds. The van der Waals surface area contributed by atoms with Crippen LogP contribution in [0.15, 0.2) is 24.3 Å². The van der Waals surface area contributed by atoms with Crippen LogP contribution in [-0.4, -0.2) is 70.1 Å². The monoisotopic (exact) mass is 840 g/mol. The molecule has 0 unspecified atom stereocenters. The summed E-state index contributed by atoms with van der Waals surface area (Å²) in [7, 11) is 3.66. The quantitative estimate of drug-likeness (QED) is 0.135. The number of aromatic nitrogens is 4. The summed E-state index contributed by atoms with van der Waals surface area (Å²) in [4.78, 5) is 46.2. The Morgan fingerprint density at radius 2 is 0.950 bits per heavy atom. The third kappa shape index (κ3) is 8.92. The number of carbonyl (C=O) groups excluding carboxylic acids is 2. The van der Waals surface area contributed by atoms with E-state index in [1.165, 1.54) is 0 Å². The molecule has 4 heterocycles. The molecule has 2 aliphatic carbocycles. The van der Waals surface area contributed by atoms with E-state index in [1.807, 2.05) is 51.6 Å². The van der Waals surface area contributed by atoms with Crippen molar-refractivity contribution in [3.63, 3.8) is 0 Å². The van der Waals surface area contributed by atoms with Crippen LogP contribution in [0.3, 0.4) is 0 Å². The van der Waals surface area contributed by atoms with Gasteiger partial charge in [0.05, 0.1) is 23.6 Å². The van der Waals surface area contributed by atoms with Gasteiger partial charge in [0.15, 0.2) is 46.5 Å². The van der Waals surface area contributed by atoms with Crippen molar-refractivity contribution in [3.05, 3.63) is 82.2 Å². The number of likely N-dealkylation sites (N-methyl/N-ethyl adjacent to an activating group) is 2. The van der Waals surface area contributed by atoms with Crippen LogP contribution in [0.25, 0.3) is 0 Å². The van der Waals surface area contributed by atoms with E-state index in [9.17, 15) is 35.9 Å². The lowest BCUT2D eigenvalue weighted by Crippen LogP contribution is -2.45. The van der Waals surface area contributed by atoms with E-state index >= 15 is 0 Å². The summed E-state index contributed by atoms with van der Waals surface area (Å²) in [5.74, 6) is -4.96. The number of nitrogens with one attached hydrogen (secondary N) is 2. The van der Waals surface area contributed by atoms with Crippen LogP contribution in [0.4, 0.5) is 49.4 Å². The fraction of sp³-hybridized carbons (Fsp3) is 0.476. The maximum absolute atomic E-state index is 13.4. The van der Waals surface area contributed by atoms with Crippen molar-refractivity contribution >= 4 is 34.8 Å². The number of hydrogen-bond acceptors (Lipinski definition) is 10. The molecule has 60 heavy (non-hydrogen) atoms. The largest absolute Gasteiger partial charge is 0.490 e. The molecule has 2 saturated carbocycles. The Balaban J connectivity index is 0.000000181. The summed E-state index contributed by atoms with van der Waals surface area (Å²) < 4.78 is 91.1. The third-order valence-corrected chi connectivity index (χ3v) is 11.8. The summed E-state index contributed by atoms with van der Waals surface area (Å²) in [5.41, 5.74) is 2.70. The van der Waals surface area contributed by atoms with Gasteiger partial charge in [0.2, 0.25) is 11.8 Å². The Morgan fingerprint density at radius 1 is 0.600 bits per heavy atom. The highest BCUT2D eigenvalue weighted by atomic mass is 19.2. The highest BCUT2D eigenvalue weighted by molar-refractivity contribution is 6.03. The minimum atomic E-state index is -1.50. The molecule has 0 bridgehead atoms. The van der Waals surface area contributed by atoms with Gasteiger partial charge in [-0.1, -0.05) is 0 Å². The first-order valence-corrected chi connectivity index (χ1v) is 19.9. The van der Waals surface area contributed by atoms with Crippen molar-refractivity contribution in [1.29, 1.82) is 0 Å². The highest BCUT2D eigenvalue weighted by Crippen LogP contribution is 2.37. The van der Waals surface area contributed by atoms with Crippen molar-refractivity contribution in [2.75, 3.05) is 34.5 Å². The van der Waals surface area contributed by atoms with Crippen LogP contribution in [-0.2, 0) is 22.4 Å². The Labute approximate surface area is 343 Å². The molecule has 2 aromatic carbocycles. The van der Waals surface area contributed by atoms with Crippen LogP contribution >= 0.6 is 0 Å². The zero-order valence-corrected chi connectivity index (χ0v) is 34.0. The summed E-state index contributed by atoms with van der Waals surface area (Å²) >= 11 is 0. The molecule has 0 saturated heterocycles. The van der Waals surface area contributed by atoms with Crippen molar-refractivity contribution in [2.24, 2.45) is 11.8 Å². The van der Waals surface area contributed by atoms with E-state index in [-0.39, 0.29) is 59.4 Å². The molecule has 2 N–H and O–H groups in total. The highest BCUT2D eigenvalue weighted by Gasteiger charge is 2.34. The van der Waals surface area contributed by atoms with E-state index in [2.05, 4.69) is 30.6 Å². The molecule has 2 aromatic heterocycles. The van der Waals surface area contributed by atoms with E-state index in [1.54, 1.807) is 0 Å². The lowest BCUT2D eigenvalue weighted by Gasteiger charge is -2.32. The fourth-order valence-electron chi connectivity index (χ4n) is 8.13. The number of halogens is 6. The Bertz CT molecular complexity index is 2110. The number of hydrogen-bond donors (Lipinski definition) is 2. The number of amides is 2. The molecule has 12 nitrogen and oxygen atoms in total. The maximum Gasteiger partial charge on any atom is 0.246 e. The lowest BCUT2D eigenvalue weighted by molar-refractivity contribution is -0.118. The number of fused-ring (bicyclic) bond motifs is 2. The van der Waals surface area contributed by atoms with E-state index < -0.39 is 34.9 Å². The van der Waals surface area contributed by atoms with Gasteiger partial charge >= 0.3 is 0 Å². The smallest absolute Gasteiger partial charge is 0.246 e. The molecule has 0 radical (unpaired) electrons. The van der Waals surface area contributed by atoms with Gasteiger partial charge in [-0.3, -0.25) is 9.59 Å². The Hall–Kier alpha value is -5.68. The summed E-state index contributed by atoms with van der Waals surface area (Å²) in [5, 5.41) is 5.73. The van der Waals surface area contributed by atoms with Gasteiger partial charge in [0.25, 0.3) is 0 Å². The minimum absolute atomic E-state index is 0.00993. The zero-order chi connectivity index (χ0) is 43.2. The van der Waals surface area contributed by atoms with E-state index in [0.717, 1.165) is 49.9 Å². The van der Waals surface area contributed by atoms with Gasteiger partial charge in [-0.15, -0.1) is 0 Å². The van der Waals surface area contributed by atoms with Gasteiger partial charge in [0, 0.05) is 51.2 Å². The Morgan fingerprint density at radius 3 is 1.30 bits per heavy atom. The Kier molecular flexibility index (Phi) is 12.1. The SMILES string of the molecule is Cc1nc(C[C@@H]2CC[C@@H](Oc3cc(F)c(F)c(F)c3)C2)nc2c1NC(=O)[C@H](C)N2C.Cc1nc(C[C@H]2CC[C@H](Oc3cc(F)c(F)c(F)c3)C2)nc2c1NC(=O)[C@H](C)N2C. The van der Waals surface area contributed by atoms with E-state index in [4.69, 9.17) is 9.47 Å². The predicted molar refractivity (Wildman–Crippen MR) is 210 cm³/mol. The number of carbonyl (C=O) groups is 2. The molecular weight excluding hydrogens is 795 g/mol. The van der Waals surface area contributed by atoms with Crippen molar-refractivity contribution in [2.45, 2.75) is 103 Å². The first-order valence-electron chi connectivity index (χ1n) is 19.9.